The molecule has 1 nitrogen and oxygen atoms in total. The van der Waals surface area contributed by atoms with Crippen LogP contribution in [0.3, 0.4) is 0 Å². The summed E-state index contributed by atoms with van der Waals surface area (Å²) in [5, 5.41) is 11.3. The molecule has 21 heavy (non-hydrogen) atoms. The smallest absolute Gasteiger partial charge is 0.0991 e. The van der Waals surface area contributed by atoms with Gasteiger partial charge in [0.15, 0.2) is 0 Å². The van der Waals surface area contributed by atoms with Crippen molar-refractivity contribution in [3.63, 3.8) is 0 Å². The highest BCUT2D eigenvalue weighted by Gasteiger charge is 2.14. The van der Waals surface area contributed by atoms with Crippen LogP contribution in [0.25, 0.3) is 16.3 Å². The van der Waals surface area contributed by atoms with Crippen LogP contribution in [-0.4, -0.2) is 0 Å². The molecule has 2 aromatic rings. The molecule has 2 aromatic carbocycles. The first kappa shape index (κ1) is 13.9. The molecule has 0 spiro atoms. The quantitative estimate of drug-likeness (QED) is 0.705. The topological polar surface area (TPSA) is 23.8 Å². The lowest BCUT2D eigenvalue weighted by atomic mass is 9.84. The Morgan fingerprint density at radius 3 is 2.67 bits per heavy atom. The third kappa shape index (κ3) is 3.00. The van der Waals surface area contributed by atoms with Crippen molar-refractivity contribution < 1.29 is 0 Å². The molecule has 0 aromatic heterocycles. The highest BCUT2D eigenvalue weighted by atomic mass is 14.2. The average molecular weight is 275 g/mol. The van der Waals surface area contributed by atoms with Crippen LogP contribution >= 0.6 is 0 Å². The molecule has 0 amide bonds. The summed E-state index contributed by atoms with van der Waals surface area (Å²) in [4.78, 5) is 0. The second kappa shape index (κ2) is 6.14. The van der Waals surface area contributed by atoms with Crippen LogP contribution in [0.1, 0.15) is 50.2 Å². The first-order valence-corrected chi connectivity index (χ1v) is 7.93. The molecule has 0 aliphatic heterocycles. The maximum absolute atomic E-state index is 8.96. The Kier molecular flexibility index (Phi) is 4.06. The van der Waals surface area contributed by atoms with Gasteiger partial charge >= 0.3 is 0 Å². The minimum absolute atomic E-state index is 0.731. The molecule has 0 saturated heterocycles. The van der Waals surface area contributed by atoms with Crippen molar-refractivity contribution in [1.82, 2.24) is 0 Å². The van der Waals surface area contributed by atoms with Crippen molar-refractivity contribution in [2.75, 3.05) is 0 Å². The molecule has 1 aliphatic rings. The number of hydrogen-bond donors (Lipinski definition) is 0. The summed E-state index contributed by atoms with van der Waals surface area (Å²) in [5.41, 5.74) is 3.57. The van der Waals surface area contributed by atoms with E-state index in [1.807, 2.05) is 12.1 Å². The minimum Gasteiger partial charge on any atom is -0.192 e. The van der Waals surface area contributed by atoms with Gasteiger partial charge in [0.25, 0.3) is 0 Å². The normalized spacial score (nSPS) is 18.3. The lowest BCUT2D eigenvalue weighted by molar-refractivity contribution is 0.445. The maximum atomic E-state index is 8.96. The number of rotatable bonds is 3. The van der Waals surface area contributed by atoms with Crippen LogP contribution in [0.4, 0.5) is 0 Å². The van der Waals surface area contributed by atoms with Crippen molar-refractivity contribution in [3.05, 3.63) is 53.6 Å². The number of nitrogens with zero attached hydrogens (tertiary/aromatic N) is 1. The highest BCUT2D eigenvalue weighted by molar-refractivity contribution is 5.87. The van der Waals surface area contributed by atoms with Crippen LogP contribution < -0.4 is 0 Å². The van der Waals surface area contributed by atoms with Crippen LogP contribution in [-0.2, 0) is 0 Å². The van der Waals surface area contributed by atoms with E-state index in [2.05, 4.69) is 43.3 Å². The minimum atomic E-state index is 0.731. The predicted octanol–water partition coefficient (Wildman–Crippen LogP) is 5.70. The third-order valence-corrected chi connectivity index (χ3v) is 4.56. The molecule has 1 atom stereocenters. The van der Waals surface area contributed by atoms with Crippen LogP contribution in [0.2, 0.25) is 0 Å². The Morgan fingerprint density at radius 1 is 1.14 bits per heavy atom. The zero-order chi connectivity index (χ0) is 14.7. The molecule has 0 radical (unpaired) electrons. The highest BCUT2D eigenvalue weighted by Crippen LogP contribution is 2.33. The number of fused-ring (bicyclic) bond motifs is 1. The second-order valence-corrected chi connectivity index (χ2v) is 6.05. The Labute approximate surface area is 126 Å². The molecular formula is C20H21N. The summed E-state index contributed by atoms with van der Waals surface area (Å²) in [7, 11) is 0. The van der Waals surface area contributed by atoms with Gasteiger partial charge in [0, 0.05) is 0 Å². The van der Waals surface area contributed by atoms with Crippen LogP contribution in [0.5, 0.6) is 0 Å². The van der Waals surface area contributed by atoms with E-state index in [0.717, 1.165) is 16.9 Å². The number of allylic oxidation sites excluding steroid dienone is 2. The van der Waals surface area contributed by atoms with Gasteiger partial charge in [-0.05, 0) is 65.3 Å². The molecule has 0 fully saturated rings. The largest absolute Gasteiger partial charge is 0.192 e. The average Bonchev–Trinajstić information content (AvgIpc) is 2.55. The maximum Gasteiger partial charge on any atom is 0.0991 e. The molecule has 0 saturated carbocycles. The Morgan fingerprint density at radius 2 is 1.95 bits per heavy atom. The van der Waals surface area contributed by atoms with Gasteiger partial charge in [-0.15, -0.1) is 0 Å². The lowest BCUT2D eigenvalue weighted by Gasteiger charge is -2.21. The van der Waals surface area contributed by atoms with Gasteiger partial charge in [-0.3, -0.25) is 0 Å². The van der Waals surface area contributed by atoms with E-state index in [0.29, 0.717) is 0 Å². The summed E-state index contributed by atoms with van der Waals surface area (Å²) in [5.74, 6) is 0.886. The van der Waals surface area contributed by atoms with Crippen molar-refractivity contribution in [3.8, 4) is 6.07 Å². The van der Waals surface area contributed by atoms with E-state index in [1.165, 1.54) is 48.6 Å². The van der Waals surface area contributed by atoms with E-state index in [-0.39, 0.29) is 0 Å². The summed E-state index contributed by atoms with van der Waals surface area (Å²) in [6.45, 7) is 2.28. The van der Waals surface area contributed by atoms with Crippen molar-refractivity contribution in [2.24, 2.45) is 5.92 Å². The first-order valence-electron chi connectivity index (χ1n) is 7.93. The molecule has 3 rings (SSSR count). The number of hydrogen-bond acceptors (Lipinski definition) is 1. The Bertz CT molecular complexity index is 718. The zero-order valence-electron chi connectivity index (χ0n) is 12.6. The van der Waals surface area contributed by atoms with Gasteiger partial charge in [0.05, 0.1) is 11.6 Å². The van der Waals surface area contributed by atoms with Crippen molar-refractivity contribution in [2.45, 2.75) is 39.0 Å². The lowest BCUT2D eigenvalue weighted by Crippen LogP contribution is -2.04. The van der Waals surface area contributed by atoms with E-state index in [9.17, 15) is 0 Å². The number of benzene rings is 2. The van der Waals surface area contributed by atoms with E-state index >= 15 is 0 Å². The second-order valence-electron chi connectivity index (χ2n) is 6.05. The summed E-state index contributed by atoms with van der Waals surface area (Å²) in [6, 6.07) is 14.7. The molecule has 1 unspecified atom stereocenters. The van der Waals surface area contributed by atoms with Gasteiger partial charge in [-0.2, -0.15) is 5.26 Å². The van der Waals surface area contributed by atoms with Crippen molar-refractivity contribution >= 4 is 16.3 Å². The fraction of sp³-hybridized carbons (Fsp3) is 0.350. The summed E-state index contributed by atoms with van der Waals surface area (Å²) < 4.78 is 0. The van der Waals surface area contributed by atoms with Crippen molar-refractivity contribution in [1.29, 1.82) is 5.26 Å². The number of nitriles is 1. The standard InChI is InChI=1S/C20H21N/c1-2-3-15-4-7-17(8-5-15)19-11-10-18-12-16(14-21)6-9-20(18)13-19/h6-7,9-13,15H,2-5,8H2,1H3. The summed E-state index contributed by atoms with van der Waals surface area (Å²) in [6.07, 6.45) is 8.85. The van der Waals surface area contributed by atoms with Crippen LogP contribution in [0, 0.1) is 17.2 Å². The van der Waals surface area contributed by atoms with E-state index < -0.39 is 0 Å². The molecule has 106 valence electrons. The van der Waals surface area contributed by atoms with E-state index in [1.54, 1.807) is 0 Å². The van der Waals surface area contributed by atoms with Crippen LogP contribution in [0.15, 0.2) is 42.5 Å². The summed E-state index contributed by atoms with van der Waals surface area (Å²) >= 11 is 0. The Hall–Kier alpha value is -2.07. The molecule has 1 heteroatoms. The zero-order valence-corrected chi connectivity index (χ0v) is 12.6. The van der Waals surface area contributed by atoms with Gasteiger partial charge in [0.2, 0.25) is 0 Å². The van der Waals surface area contributed by atoms with Gasteiger partial charge < -0.3 is 0 Å². The molecule has 0 N–H and O–H groups in total. The SMILES string of the molecule is CCCC1CC=C(c2ccc3cc(C#N)ccc3c2)CC1. The molecular weight excluding hydrogens is 254 g/mol. The van der Waals surface area contributed by atoms with Gasteiger partial charge in [0.1, 0.15) is 0 Å². The fourth-order valence-electron chi connectivity index (χ4n) is 3.34. The van der Waals surface area contributed by atoms with Gasteiger partial charge in [-0.1, -0.05) is 44.0 Å². The molecule has 0 heterocycles. The predicted molar refractivity (Wildman–Crippen MR) is 88.9 cm³/mol. The molecule has 1 aliphatic carbocycles. The first-order chi connectivity index (χ1) is 10.3. The monoisotopic (exact) mass is 275 g/mol. The van der Waals surface area contributed by atoms with Gasteiger partial charge in [-0.25, -0.2) is 0 Å². The third-order valence-electron chi connectivity index (χ3n) is 4.56. The Balaban J connectivity index is 1.87. The fourth-order valence-corrected chi connectivity index (χ4v) is 3.34. The molecule has 0 bridgehead atoms. The van der Waals surface area contributed by atoms with E-state index in [4.69, 9.17) is 5.26 Å².